The molecule has 1 saturated heterocycles. The third-order valence-electron chi connectivity index (χ3n) is 5.35. The van der Waals surface area contributed by atoms with Gasteiger partial charge in [-0.3, -0.25) is 4.79 Å². The van der Waals surface area contributed by atoms with E-state index >= 15 is 0 Å². The molecular weight excluding hydrogens is 362 g/mol. The molecule has 0 atom stereocenters. The molecule has 1 fully saturated rings. The molecule has 2 aromatic carbocycles. The van der Waals surface area contributed by atoms with Gasteiger partial charge in [-0.2, -0.15) is 0 Å². The molecule has 0 aliphatic carbocycles. The minimum atomic E-state index is -0.0489. The molecule has 2 aromatic rings. The zero-order chi connectivity index (χ0) is 20.6. The second kappa shape index (κ2) is 10.1. The molecule has 0 unspecified atom stereocenters. The van der Waals surface area contributed by atoms with Crippen molar-refractivity contribution in [2.24, 2.45) is 0 Å². The van der Waals surface area contributed by atoms with Crippen molar-refractivity contribution >= 4 is 17.6 Å². The number of nitrogens with zero attached hydrogens (tertiary/aromatic N) is 1. The van der Waals surface area contributed by atoms with Crippen LogP contribution in [0.3, 0.4) is 0 Å². The standard InChI is InChI=1S/C24H31N3O2/c1-18(2)21-11-8-19(9-12-21)10-13-23(28)25-17-20-6-5-7-22(16-20)26-24(29)27-14-3-4-15-27/h5-9,11-12,16,18H,3-4,10,13-15,17H2,1-2H3,(H,25,28)(H,26,29). The number of nitrogens with one attached hydrogen (secondary N) is 2. The number of hydrogen-bond donors (Lipinski definition) is 2. The lowest BCUT2D eigenvalue weighted by molar-refractivity contribution is -0.121. The highest BCUT2D eigenvalue weighted by Gasteiger charge is 2.17. The van der Waals surface area contributed by atoms with Gasteiger partial charge in [-0.15, -0.1) is 0 Å². The number of anilines is 1. The molecule has 3 amide bonds. The van der Waals surface area contributed by atoms with Crippen molar-refractivity contribution in [2.75, 3.05) is 18.4 Å². The Balaban J connectivity index is 1.44. The van der Waals surface area contributed by atoms with Crippen LogP contribution in [-0.2, 0) is 17.8 Å². The summed E-state index contributed by atoms with van der Waals surface area (Å²) in [6.07, 6.45) is 3.34. The van der Waals surface area contributed by atoms with Gasteiger partial charge in [0.1, 0.15) is 0 Å². The molecule has 2 N–H and O–H groups in total. The van der Waals surface area contributed by atoms with E-state index in [-0.39, 0.29) is 11.9 Å². The van der Waals surface area contributed by atoms with Crippen LogP contribution in [0.4, 0.5) is 10.5 Å². The van der Waals surface area contributed by atoms with Gasteiger partial charge in [-0.1, -0.05) is 50.2 Å². The SMILES string of the molecule is CC(C)c1ccc(CCC(=O)NCc2cccc(NC(=O)N3CCCC3)c2)cc1. The lowest BCUT2D eigenvalue weighted by atomic mass is 10.0. The summed E-state index contributed by atoms with van der Waals surface area (Å²) in [6.45, 7) is 6.45. The molecule has 3 rings (SSSR count). The van der Waals surface area contributed by atoms with Crippen molar-refractivity contribution in [2.45, 2.75) is 52.0 Å². The number of urea groups is 1. The highest BCUT2D eigenvalue weighted by Crippen LogP contribution is 2.16. The van der Waals surface area contributed by atoms with E-state index in [1.54, 1.807) is 0 Å². The van der Waals surface area contributed by atoms with E-state index in [0.29, 0.717) is 18.9 Å². The first-order valence-corrected chi connectivity index (χ1v) is 10.5. The predicted molar refractivity (Wildman–Crippen MR) is 117 cm³/mol. The molecule has 5 nitrogen and oxygen atoms in total. The maximum Gasteiger partial charge on any atom is 0.321 e. The molecule has 0 saturated carbocycles. The average Bonchev–Trinajstić information content (AvgIpc) is 3.26. The fourth-order valence-electron chi connectivity index (χ4n) is 3.50. The van der Waals surface area contributed by atoms with Gasteiger partial charge < -0.3 is 15.5 Å². The summed E-state index contributed by atoms with van der Waals surface area (Å²) in [7, 11) is 0. The Morgan fingerprint density at radius 3 is 2.41 bits per heavy atom. The van der Waals surface area contributed by atoms with Crippen LogP contribution in [0.1, 0.15) is 55.7 Å². The lowest BCUT2D eigenvalue weighted by Crippen LogP contribution is -2.32. The number of benzene rings is 2. The summed E-state index contributed by atoms with van der Waals surface area (Å²) >= 11 is 0. The maximum atomic E-state index is 12.2. The van der Waals surface area contributed by atoms with Gasteiger partial charge in [-0.25, -0.2) is 4.79 Å². The number of hydrogen-bond acceptors (Lipinski definition) is 2. The van der Waals surface area contributed by atoms with Crippen molar-refractivity contribution < 1.29 is 9.59 Å². The van der Waals surface area contributed by atoms with Crippen LogP contribution in [0.5, 0.6) is 0 Å². The minimum Gasteiger partial charge on any atom is -0.352 e. The van der Waals surface area contributed by atoms with Gasteiger partial charge in [0.25, 0.3) is 0 Å². The van der Waals surface area contributed by atoms with Gasteiger partial charge in [0, 0.05) is 31.7 Å². The minimum absolute atomic E-state index is 0.0319. The molecule has 5 heteroatoms. The molecule has 154 valence electrons. The van der Waals surface area contributed by atoms with Gasteiger partial charge in [0.2, 0.25) is 5.91 Å². The molecule has 0 radical (unpaired) electrons. The van der Waals surface area contributed by atoms with Gasteiger partial charge >= 0.3 is 6.03 Å². The smallest absolute Gasteiger partial charge is 0.321 e. The van der Waals surface area contributed by atoms with Crippen LogP contribution in [0.2, 0.25) is 0 Å². The molecule has 0 bridgehead atoms. The summed E-state index contributed by atoms with van der Waals surface area (Å²) < 4.78 is 0. The zero-order valence-electron chi connectivity index (χ0n) is 17.4. The first-order valence-electron chi connectivity index (χ1n) is 10.5. The first kappa shape index (κ1) is 20.9. The fraction of sp³-hybridized carbons (Fsp3) is 0.417. The van der Waals surface area contributed by atoms with Crippen LogP contribution in [-0.4, -0.2) is 29.9 Å². The van der Waals surface area contributed by atoms with E-state index in [0.717, 1.165) is 43.6 Å². The summed E-state index contributed by atoms with van der Waals surface area (Å²) in [5, 5.41) is 5.92. The predicted octanol–water partition coefficient (Wildman–Crippen LogP) is 4.69. The highest BCUT2D eigenvalue weighted by atomic mass is 16.2. The Morgan fingerprint density at radius 2 is 1.72 bits per heavy atom. The summed E-state index contributed by atoms with van der Waals surface area (Å²) in [5.41, 5.74) is 4.23. The Kier molecular flexibility index (Phi) is 7.28. The van der Waals surface area contributed by atoms with Gasteiger partial charge in [-0.05, 0) is 54.0 Å². The van der Waals surface area contributed by atoms with E-state index in [9.17, 15) is 9.59 Å². The normalized spacial score (nSPS) is 13.6. The van der Waals surface area contributed by atoms with Crippen molar-refractivity contribution in [1.82, 2.24) is 10.2 Å². The molecule has 29 heavy (non-hydrogen) atoms. The third kappa shape index (κ3) is 6.34. The number of likely N-dealkylation sites (tertiary alicyclic amines) is 1. The summed E-state index contributed by atoms with van der Waals surface area (Å²) in [6, 6.07) is 16.1. The van der Waals surface area contributed by atoms with E-state index in [1.165, 1.54) is 11.1 Å². The number of carbonyl (C=O) groups is 2. The monoisotopic (exact) mass is 393 g/mol. The molecule has 0 spiro atoms. The second-order valence-corrected chi connectivity index (χ2v) is 8.00. The molecule has 1 heterocycles. The van der Waals surface area contributed by atoms with E-state index in [4.69, 9.17) is 0 Å². The fourth-order valence-corrected chi connectivity index (χ4v) is 3.50. The Labute approximate surface area is 173 Å². The highest BCUT2D eigenvalue weighted by molar-refractivity contribution is 5.89. The van der Waals surface area contributed by atoms with E-state index in [1.807, 2.05) is 29.2 Å². The molecular formula is C24H31N3O2. The third-order valence-corrected chi connectivity index (χ3v) is 5.35. The van der Waals surface area contributed by atoms with Crippen LogP contribution < -0.4 is 10.6 Å². The molecule has 0 aromatic heterocycles. The average molecular weight is 394 g/mol. The van der Waals surface area contributed by atoms with E-state index in [2.05, 4.69) is 48.7 Å². The lowest BCUT2D eigenvalue weighted by Gasteiger charge is -2.16. The second-order valence-electron chi connectivity index (χ2n) is 8.00. The molecule has 1 aliphatic heterocycles. The van der Waals surface area contributed by atoms with Crippen LogP contribution in [0.25, 0.3) is 0 Å². The van der Waals surface area contributed by atoms with Crippen LogP contribution in [0.15, 0.2) is 48.5 Å². The van der Waals surface area contributed by atoms with Crippen molar-refractivity contribution in [1.29, 1.82) is 0 Å². The Morgan fingerprint density at radius 1 is 1.00 bits per heavy atom. The van der Waals surface area contributed by atoms with Gasteiger partial charge in [0.15, 0.2) is 0 Å². The number of rotatable bonds is 7. The zero-order valence-corrected chi connectivity index (χ0v) is 17.4. The largest absolute Gasteiger partial charge is 0.352 e. The quantitative estimate of drug-likeness (QED) is 0.717. The van der Waals surface area contributed by atoms with Crippen LogP contribution >= 0.6 is 0 Å². The molecule has 1 aliphatic rings. The number of amides is 3. The van der Waals surface area contributed by atoms with Crippen LogP contribution in [0, 0.1) is 0 Å². The van der Waals surface area contributed by atoms with Crippen molar-refractivity contribution in [3.05, 3.63) is 65.2 Å². The van der Waals surface area contributed by atoms with Crippen molar-refractivity contribution in [3.8, 4) is 0 Å². The topological polar surface area (TPSA) is 61.4 Å². The van der Waals surface area contributed by atoms with Crippen molar-refractivity contribution in [3.63, 3.8) is 0 Å². The summed E-state index contributed by atoms with van der Waals surface area (Å²) in [5.74, 6) is 0.549. The first-order chi connectivity index (χ1) is 14.0. The number of carbonyl (C=O) groups excluding carboxylic acids is 2. The number of aryl methyl sites for hydroxylation is 1. The maximum absolute atomic E-state index is 12.2. The Bertz CT molecular complexity index is 824. The van der Waals surface area contributed by atoms with Gasteiger partial charge in [0.05, 0.1) is 0 Å². The Hall–Kier alpha value is -2.82. The van der Waals surface area contributed by atoms with E-state index < -0.39 is 0 Å². The summed E-state index contributed by atoms with van der Waals surface area (Å²) in [4.78, 5) is 26.3.